The van der Waals surface area contributed by atoms with Gasteiger partial charge in [-0.1, -0.05) is 35.3 Å². The van der Waals surface area contributed by atoms with Crippen LogP contribution in [-0.4, -0.2) is 118 Å². The summed E-state index contributed by atoms with van der Waals surface area (Å²) >= 11 is 15.9. The van der Waals surface area contributed by atoms with Crippen LogP contribution in [0.4, 0.5) is 4.39 Å². The zero-order valence-corrected chi connectivity index (χ0v) is 42.4. The van der Waals surface area contributed by atoms with Gasteiger partial charge in [0.2, 0.25) is 12.0 Å². The molecule has 1 N–H and O–H groups in total. The predicted octanol–water partition coefficient (Wildman–Crippen LogP) is 10.2. The lowest BCUT2D eigenvalue weighted by molar-refractivity contribution is -0.145. The van der Waals surface area contributed by atoms with E-state index in [0.717, 1.165) is 31.7 Å². The van der Waals surface area contributed by atoms with Crippen LogP contribution in [0, 0.1) is 19.7 Å². The third-order valence-electron chi connectivity index (χ3n) is 12.8. The number of carboxylic acids is 1. The van der Waals surface area contributed by atoms with Gasteiger partial charge in [0, 0.05) is 60.5 Å². The van der Waals surface area contributed by atoms with Gasteiger partial charge in [0.1, 0.15) is 66.3 Å². The quantitative estimate of drug-likeness (QED) is 0.130. The molecule has 7 aromatic rings. The van der Waals surface area contributed by atoms with Crippen molar-refractivity contribution in [1.82, 2.24) is 29.7 Å². The molecule has 4 aromatic carbocycles. The summed E-state index contributed by atoms with van der Waals surface area (Å²) in [6, 6.07) is 20.2. The summed E-state index contributed by atoms with van der Waals surface area (Å²) in [5.74, 6) is -0.453. The SMILES string of the molecule is Cc1c(Cl)c2c(Cl)c(C)c1-c1c(-c3ccc(F)cc3)sc3ncnc(c13)OC(C(=O)O)c1cc(ccc1OCc1ccnc(-c3ccc(OC[C@H]4COC(C)(C)O4)cc3)n1)OC[C@@H](CN1CCN(C)CC1)O2. The van der Waals surface area contributed by atoms with Gasteiger partial charge in [0.15, 0.2) is 17.4 Å². The van der Waals surface area contributed by atoms with E-state index < -0.39 is 29.8 Å². The molecule has 3 atom stereocenters. The van der Waals surface area contributed by atoms with Crippen molar-refractivity contribution >= 4 is 50.7 Å². The second kappa shape index (κ2) is 20.7. The Bertz CT molecular complexity index is 3110. The number of ether oxygens (including phenoxy) is 7. The highest BCUT2D eigenvalue weighted by Crippen LogP contribution is 2.53. The maximum Gasteiger partial charge on any atom is 0.349 e. The lowest BCUT2D eigenvalue weighted by Crippen LogP contribution is -2.49. The molecule has 19 heteroatoms. The molecule has 0 spiro atoms. The van der Waals surface area contributed by atoms with Gasteiger partial charge in [-0.3, -0.25) is 4.90 Å². The van der Waals surface area contributed by atoms with E-state index in [1.807, 2.05) is 52.0 Å². The molecule has 3 aromatic heterocycles. The second-order valence-electron chi connectivity index (χ2n) is 18.4. The first-order valence-corrected chi connectivity index (χ1v) is 25.0. The van der Waals surface area contributed by atoms with Gasteiger partial charge in [-0.2, -0.15) is 0 Å². The number of carboxylic acid groups (broad SMARTS) is 1. The molecule has 11 rings (SSSR count). The van der Waals surface area contributed by atoms with Gasteiger partial charge in [-0.15, -0.1) is 11.3 Å². The Morgan fingerprint density at radius 1 is 0.875 bits per heavy atom. The summed E-state index contributed by atoms with van der Waals surface area (Å²) in [5.41, 5.74) is 4.60. The van der Waals surface area contributed by atoms with Crippen LogP contribution >= 0.6 is 34.5 Å². The normalized spacial score (nSPS) is 19.1. The molecule has 4 aliphatic rings. The Hall–Kier alpha value is -6.18. The average molecular weight is 1040 g/mol. The molecule has 7 heterocycles. The van der Waals surface area contributed by atoms with Crippen molar-refractivity contribution in [3.8, 4) is 61.8 Å². The molecular formula is C53H51Cl2FN6O9S. The van der Waals surface area contributed by atoms with Crippen molar-refractivity contribution < 1.29 is 47.4 Å². The molecule has 0 radical (unpaired) electrons. The number of aliphatic carboxylic acids is 1. The molecule has 2 saturated heterocycles. The molecular weight excluding hydrogens is 987 g/mol. The summed E-state index contributed by atoms with van der Waals surface area (Å²) in [5, 5.41) is 12.1. The van der Waals surface area contributed by atoms with Gasteiger partial charge in [-0.05, 0) is 118 Å². The third kappa shape index (κ3) is 10.5. The standard InChI is InChI=1S/C53H51Cl2FN6O9S/c1-29-41-30(2)45(55)47(44(29)54)69-37(23-62-20-18-61(5)19-21-62)25-66-36-14-15-40(67-24-34-16-17-57-49(60-34)32-8-12-35(13-9-32)65-26-38-27-68-53(3,4)71-38)39(22-36)46(52(63)64)70-50-43-42(41)48(72-51(43)59-28-58-50)31-6-10-33(56)11-7-31/h6-17,22,28,37-38,46H,18-21,23-27H2,1-5H3,(H,63,64)/t37-,38+,46?/m1/s1. The fourth-order valence-electron chi connectivity index (χ4n) is 9.07. The number of fused-ring (bicyclic) bond motifs is 6. The highest BCUT2D eigenvalue weighted by molar-refractivity contribution is 7.22. The fraction of sp³-hybridized carbons (Fsp3) is 0.340. The number of rotatable bonds is 11. The van der Waals surface area contributed by atoms with Crippen molar-refractivity contribution in [3.63, 3.8) is 0 Å². The first-order chi connectivity index (χ1) is 34.7. The molecule has 0 saturated carbocycles. The Morgan fingerprint density at radius 2 is 1.61 bits per heavy atom. The molecule has 15 nitrogen and oxygen atoms in total. The van der Waals surface area contributed by atoms with Crippen LogP contribution in [0.15, 0.2) is 85.3 Å². The largest absolute Gasteiger partial charge is 0.491 e. The first kappa shape index (κ1) is 49.4. The smallest absolute Gasteiger partial charge is 0.349 e. The predicted molar refractivity (Wildman–Crippen MR) is 271 cm³/mol. The van der Waals surface area contributed by atoms with Crippen LogP contribution < -0.4 is 23.7 Å². The summed E-state index contributed by atoms with van der Waals surface area (Å²) in [6.45, 7) is 12.1. The molecule has 374 valence electrons. The highest BCUT2D eigenvalue weighted by atomic mass is 35.5. The van der Waals surface area contributed by atoms with Crippen LogP contribution in [0.5, 0.6) is 28.9 Å². The van der Waals surface area contributed by atoms with E-state index >= 15 is 0 Å². The maximum atomic E-state index is 14.4. The molecule has 4 aliphatic heterocycles. The highest BCUT2D eigenvalue weighted by Gasteiger charge is 2.35. The minimum atomic E-state index is -1.69. The van der Waals surface area contributed by atoms with Crippen LogP contribution in [0.25, 0.3) is 43.2 Å². The van der Waals surface area contributed by atoms with E-state index in [0.29, 0.717) is 91.4 Å². The first-order valence-electron chi connectivity index (χ1n) is 23.4. The minimum Gasteiger partial charge on any atom is -0.491 e. The zero-order valence-electron chi connectivity index (χ0n) is 40.1. The van der Waals surface area contributed by atoms with E-state index in [-0.39, 0.29) is 46.6 Å². The number of nitrogens with zero attached hydrogens (tertiary/aromatic N) is 6. The summed E-state index contributed by atoms with van der Waals surface area (Å²) in [7, 11) is 2.09. The van der Waals surface area contributed by atoms with Crippen molar-refractivity contribution in [2.75, 3.05) is 59.6 Å². The Labute approximate surface area is 429 Å². The number of likely N-dealkylation sites (N-methyl/N-ethyl adjacent to an activating group) is 1. The molecule has 4 bridgehead atoms. The fourth-order valence-corrected chi connectivity index (χ4v) is 10.7. The van der Waals surface area contributed by atoms with Crippen LogP contribution in [0.1, 0.15) is 42.3 Å². The van der Waals surface area contributed by atoms with Gasteiger partial charge in [-0.25, -0.2) is 29.1 Å². The third-order valence-corrected chi connectivity index (χ3v) is 14.9. The van der Waals surface area contributed by atoms with E-state index in [1.54, 1.807) is 42.6 Å². The number of hydrogen-bond donors (Lipinski definition) is 1. The second-order valence-corrected chi connectivity index (χ2v) is 20.1. The number of hydrogen-bond acceptors (Lipinski definition) is 15. The molecule has 2 fully saturated rings. The van der Waals surface area contributed by atoms with Crippen molar-refractivity contribution in [1.29, 1.82) is 0 Å². The zero-order chi connectivity index (χ0) is 50.3. The summed E-state index contributed by atoms with van der Waals surface area (Å²) in [4.78, 5) is 37.9. The van der Waals surface area contributed by atoms with Gasteiger partial charge >= 0.3 is 5.97 Å². The molecule has 1 unspecified atom stereocenters. The topological polar surface area (TPSA) is 160 Å². The van der Waals surface area contributed by atoms with E-state index in [9.17, 15) is 14.3 Å². The molecule has 72 heavy (non-hydrogen) atoms. The van der Waals surface area contributed by atoms with Crippen molar-refractivity contribution in [2.45, 2.75) is 58.4 Å². The van der Waals surface area contributed by atoms with E-state index in [1.165, 1.54) is 29.8 Å². The van der Waals surface area contributed by atoms with Crippen LogP contribution in [0.3, 0.4) is 0 Å². The number of benzene rings is 4. The lowest BCUT2D eigenvalue weighted by Gasteiger charge is -2.35. The van der Waals surface area contributed by atoms with Crippen LogP contribution in [-0.2, 0) is 20.9 Å². The van der Waals surface area contributed by atoms with E-state index in [4.69, 9.17) is 61.3 Å². The monoisotopic (exact) mass is 1040 g/mol. The number of carbonyl (C=O) groups is 1. The number of aromatic nitrogens is 4. The number of halogens is 3. The number of piperazine rings is 1. The van der Waals surface area contributed by atoms with Gasteiger partial charge in [0.25, 0.3) is 0 Å². The van der Waals surface area contributed by atoms with Gasteiger partial charge in [0.05, 0.1) is 27.7 Å². The summed E-state index contributed by atoms with van der Waals surface area (Å²) < 4.78 is 58.3. The molecule has 0 amide bonds. The van der Waals surface area contributed by atoms with Crippen molar-refractivity contribution in [3.05, 3.63) is 124 Å². The number of thiophene rings is 1. The van der Waals surface area contributed by atoms with Crippen molar-refractivity contribution in [2.24, 2.45) is 0 Å². The average Bonchev–Trinajstić information content (AvgIpc) is 3.94. The maximum absolute atomic E-state index is 14.4. The lowest BCUT2D eigenvalue weighted by atomic mass is 9.92. The Morgan fingerprint density at radius 3 is 2.32 bits per heavy atom. The summed E-state index contributed by atoms with van der Waals surface area (Å²) in [6.07, 6.45) is 0.510. The Balaban J connectivity index is 1.02. The van der Waals surface area contributed by atoms with Crippen LogP contribution in [0.2, 0.25) is 10.0 Å². The van der Waals surface area contributed by atoms with E-state index in [2.05, 4.69) is 31.8 Å². The Kier molecular flexibility index (Phi) is 14.2. The van der Waals surface area contributed by atoms with Gasteiger partial charge < -0.3 is 43.2 Å². The molecule has 0 aliphatic carbocycles. The minimum absolute atomic E-state index is 0.0308.